The van der Waals surface area contributed by atoms with Crippen molar-refractivity contribution in [3.8, 4) is 0 Å². The lowest BCUT2D eigenvalue weighted by atomic mass is 10.1. The molecule has 21 heavy (non-hydrogen) atoms. The number of hydrogen-bond donors (Lipinski definition) is 1. The fourth-order valence-corrected chi connectivity index (χ4v) is 2.79. The minimum absolute atomic E-state index is 0.147. The number of carbonyl (C=O) groups is 1. The Morgan fingerprint density at radius 1 is 1.29 bits per heavy atom. The second kappa shape index (κ2) is 5.56. The highest BCUT2D eigenvalue weighted by Gasteiger charge is 2.22. The van der Waals surface area contributed by atoms with Gasteiger partial charge in [-0.1, -0.05) is 12.1 Å². The molecule has 0 radical (unpaired) electrons. The van der Waals surface area contributed by atoms with E-state index < -0.39 is 0 Å². The van der Waals surface area contributed by atoms with Gasteiger partial charge >= 0.3 is 5.97 Å². The van der Waals surface area contributed by atoms with Crippen LogP contribution in [-0.4, -0.2) is 13.1 Å². The Bertz CT molecular complexity index is 684. The fourth-order valence-electron chi connectivity index (χ4n) is 2.79. The number of esters is 1. The SMILES string of the molecule is COC(=O)c1cccc(NC2CCc3cc(F)ccc32)c1. The quantitative estimate of drug-likeness (QED) is 0.874. The molecular formula is C17H16FNO2. The second-order valence-corrected chi connectivity index (χ2v) is 5.15. The minimum Gasteiger partial charge on any atom is -0.465 e. The van der Waals surface area contributed by atoms with Crippen molar-refractivity contribution >= 4 is 11.7 Å². The van der Waals surface area contributed by atoms with Crippen LogP contribution < -0.4 is 5.32 Å². The van der Waals surface area contributed by atoms with Gasteiger partial charge in [0.15, 0.2) is 0 Å². The molecule has 3 rings (SSSR count). The number of aryl methyl sites for hydroxylation is 1. The van der Waals surface area contributed by atoms with Crippen molar-refractivity contribution in [2.75, 3.05) is 12.4 Å². The molecular weight excluding hydrogens is 269 g/mol. The maximum absolute atomic E-state index is 13.2. The molecule has 108 valence electrons. The minimum atomic E-state index is -0.354. The zero-order valence-corrected chi connectivity index (χ0v) is 11.7. The number of fused-ring (bicyclic) bond motifs is 1. The molecule has 0 saturated carbocycles. The van der Waals surface area contributed by atoms with Gasteiger partial charge in [0.1, 0.15) is 5.82 Å². The van der Waals surface area contributed by atoms with Crippen LogP contribution in [0.4, 0.5) is 10.1 Å². The Kier molecular flexibility index (Phi) is 3.60. The standard InChI is InChI=1S/C17H16FNO2/c1-21-17(20)12-3-2-4-14(10-12)19-16-8-5-11-9-13(18)6-7-15(11)16/h2-4,6-7,9-10,16,19H,5,8H2,1H3. The maximum atomic E-state index is 13.2. The van der Waals surface area contributed by atoms with Gasteiger partial charge in [0.25, 0.3) is 0 Å². The Morgan fingerprint density at radius 2 is 2.14 bits per heavy atom. The largest absolute Gasteiger partial charge is 0.465 e. The first-order chi connectivity index (χ1) is 10.2. The molecule has 0 fully saturated rings. The van der Waals surface area contributed by atoms with Crippen molar-refractivity contribution in [1.82, 2.24) is 0 Å². The first-order valence-corrected chi connectivity index (χ1v) is 6.90. The van der Waals surface area contributed by atoms with Crippen molar-refractivity contribution in [3.63, 3.8) is 0 Å². The number of carbonyl (C=O) groups excluding carboxylic acids is 1. The average molecular weight is 285 g/mol. The van der Waals surface area contributed by atoms with Crippen LogP contribution in [0.15, 0.2) is 42.5 Å². The molecule has 1 aliphatic rings. The summed E-state index contributed by atoms with van der Waals surface area (Å²) in [5, 5.41) is 3.41. The molecule has 2 aromatic carbocycles. The summed E-state index contributed by atoms with van der Waals surface area (Å²) in [5.74, 6) is -0.547. The third-order valence-electron chi connectivity index (χ3n) is 3.81. The summed E-state index contributed by atoms with van der Waals surface area (Å²) in [5.41, 5.74) is 3.55. The molecule has 0 saturated heterocycles. The smallest absolute Gasteiger partial charge is 0.337 e. The number of anilines is 1. The summed E-state index contributed by atoms with van der Waals surface area (Å²) < 4.78 is 17.9. The van der Waals surface area contributed by atoms with E-state index in [-0.39, 0.29) is 17.8 Å². The molecule has 1 unspecified atom stereocenters. The normalized spacial score (nSPS) is 16.4. The lowest BCUT2D eigenvalue weighted by molar-refractivity contribution is 0.0601. The van der Waals surface area contributed by atoms with Gasteiger partial charge in [0.2, 0.25) is 0 Å². The number of nitrogens with one attached hydrogen (secondary N) is 1. The molecule has 1 N–H and O–H groups in total. The average Bonchev–Trinajstić information content (AvgIpc) is 2.89. The third-order valence-corrected chi connectivity index (χ3v) is 3.81. The topological polar surface area (TPSA) is 38.3 Å². The van der Waals surface area contributed by atoms with Gasteiger partial charge < -0.3 is 10.1 Å². The summed E-state index contributed by atoms with van der Waals surface area (Å²) in [6.07, 6.45) is 1.78. The molecule has 0 heterocycles. The number of methoxy groups -OCH3 is 1. The van der Waals surface area contributed by atoms with E-state index in [1.807, 2.05) is 18.2 Å². The molecule has 0 aliphatic heterocycles. The van der Waals surface area contributed by atoms with E-state index in [1.54, 1.807) is 18.2 Å². The van der Waals surface area contributed by atoms with Crippen LogP contribution in [-0.2, 0) is 11.2 Å². The summed E-state index contributed by atoms with van der Waals surface area (Å²) in [6.45, 7) is 0. The molecule has 3 nitrogen and oxygen atoms in total. The number of benzene rings is 2. The molecule has 2 aromatic rings. The monoisotopic (exact) mass is 285 g/mol. The van der Waals surface area contributed by atoms with Gasteiger partial charge in [0.05, 0.1) is 18.7 Å². The van der Waals surface area contributed by atoms with Gasteiger partial charge in [0, 0.05) is 5.69 Å². The van der Waals surface area contributed by atoms with E-state index in [4.69, 9.17) is 4.74 Å². The molecule has 1 atom stereocenters. The molecule has 4 heteroatoms. The van der Waals surface area contributed by atoms with E-state index >= 15 is 0 Å². The highest BCUT2D eigenvalue weighted by Crippen LogP contribution is 2.34. The van der Waals surface area contributed by atoms with Crippen LogP contribution in [0.5, 0.6) is 0 Å². The van der Waals surface area contributed by atoms with Gasteiger partial charge in [-0.15, -0.1) is 0 Å². The van der Waals surface area contributed by atoms with Crippen molar-refractivity contribution in [2.24, 2.45) is 0 Å². The zero-order chi connectivity index (χ0) is 14.8. The first kappa shape index (κ1) is 13.6. The number of rotatable bonds is 3. The van der Waals surface area contributed by atoms with Crippen LogP contribution in [0.1, 0.15) is 33.9 Å². The predicted molar refractivity (Wildman–Crippen MR) is 78.9 cm³/mol. The number of ether oxygens (including phenoxy) is 1. The summed E-state index contributed by atoms with van der Waals surface area (Å²) in [4.78, 5) is 11.5. The second-order valence-electron chi connectivity index (χ2n) is 5.15. The van der Waals surface area contributed by atoms with Crippen LogP contribution in [0.2, 0.25) is 0 Å². The lowest BCUT2D eigenvalue weighted by Gasteiger charge is -2.16. The lowest BCUT2D eigenvalue weighted by Crippen LogP contribution is -2.08. The van der Waals surface area contributed by atoms with Crippen molar-refractivity contribution in [1.29, 1.82) is 0 Å². The Hall–Kier alpha value is -2.36. The maximum Gasteiger partial charge on any atom is 0.337 e. The summed E-state index contributed by atoms with van der Waals surface area (Å²) in [6, 6.07) is 12.3. The Balaban J connectivity index is 1.81. The number of halogens is 1. The molecule has 1 aliphatic carbocycles. The van der Waals surface area contributed by atoms with E-state index in [1.165, 1.54) is 13.2 Å². The Labute approximate surface area is 122 Å². The fraction of sp³-hybridized carbons (Fsp3) is 0.235. The van der Waals surface area contributed by atoms with Crippen LogP contribution in [0.3, 0.4) is 0 Å². The van der Waals surface area contributed by atoms with E-state index in [0.29, 0.717) is 5.56 Å². The van der Waals surface area contributed by atoms with Crippen molar-refractivity contribution < 1.29 is 13.9 Å². The van der Waals surface area contributed by atoms with Crippen LogP contribution in [0.25, 0.3) is 0 Å². The van der Waals surface area contributed by atoms with Gasteiger partial charge in [-0.05, 0) is 54.3 Å². The molecule has 0 amide bonds. The van der Waals surface area contributed by atoms with Crippen LogP contribution in [0, 0.1) is 5.82 Å². The van der Waals surface area contributed by atoms with Gasteiger partial charge in [-0.3, -0.25) is 0 Å². The molecule has 0 spiro atoms. The zero-order valence-electron chi connectivity index (χ0n) is 11.7. The van der Waals surface area contributed by atoms with Crippen LogP contribution >= 0.6 is 0 Å². The van der Waals surface area contributed by atoms with Gasteiger partial charge in [-0.25, -0.2) is 9.18 Å². The Morgan fingerprint density at radius 3 is 2.95 bits per heavy atom. The molecule has 0 bridgehead atoms. The molecule has 0 aromatic heterocycles. The highest BCUT2D eigenvalue weighted by molar-refractivity contribution is 5.90. The number of hydrogen-bond acceptors (Lipinski definition) is 3. The van der Waals surface area contributed by atoms with E-state index in [0.717, 1.165) is 29.7 Å². The first-order valence-electron chi connectivity index (χ1n) is 6.90. The van der Waals surface area contributed by atoms with Crippen molar-refractivity contribution in [3.05, 3.63) is 65.0 Å². The predicted octanol–water partition coefficient (Wildman–Crippen LogP) is 3.71. The van der Waals surface area contributed by atoms with Gasteiger partial charge in [-0.2, -0.15) is 0 Å². The third kappa shape index (κ3) is 2.75. The highest BCUT2D eigenvalue weighted by atomic mass is 19.1. The summed E-state index contributed by atoms with van der Waals surface area (Å²) in [7, 11) is 1.37. The summed E-state index contributed by atoms with van der Waals surface area (Å²) >= 11 is 0. The van der Waals surface area contributed by atoms with Crippen molar-refractivity contribution in [2.45, 2.75) is 18.9 Å². The van der Waals surface area contributed by atoms with E-state index in [9.17, 15) is 9.18 Å². The van der Waals surface area contributed by atoms with E-state index in [2.05, 4.69) is 5.32 Å².